The van der Waals surface area contributed by atoms with E-state index in [-0.39, 0.29) is 24.6 Å². The number of benzene rings is 3. The fraction of sp³-hybridized carbons (Fsp3) is 0.286. The number of rotatable bonds is 9. The lowest BCUT2D eigenvalue weighted by Crippen LogP contribution is -2.55. The van der Waals surface area contributed by atoms with Crippen LogP contribution in [0.2, 0.25) is 10.0 Å². The van der Waals surface area contributed by atoms with Crippen LogP contribution in [0.5, 0.6) is 5.75 Å². The fourth-order valence-electron chi connectivity index (χ4n) is 3.64. The van der Waals surface area contributed by atoms with Crippen molar-refractivity contribution in [2.75, 3.05) is 6.61 Å². The second-order valence-electron chi connectivity index (χ2n) is 9.39. The molecule has 3 aromatic rings. The minimum absolute atomic E-state index is 0.0347. The molecule has 3 rings (SSSR count). The minimum atomic E-state index is -0.907. The Kier molecular flexibility index (Phi) is 9.35. The standard InChI is InChI=1S/C28H29Cl2FN2O3/c1-28(2,3)32-27(35)24(16-19-10-5-4-6-11-19)33(17-20-21(29)12-9-13-22(20)30)26(34)18-36-25-15-8-7-14-23(25)31/h4-15,24H,16-18H2,1-3H3,(H,32,35). The highest BCUT2D eigenvalue weighted by molar-refractivity contribution is 6.36. The molecule has 0 saturated carbocycles. The van der Waals surface area contributed by atoms with E-state index in [2.05, 4.69) is 5.32 Å². The number of nitrogens with zero attached hydrogens (tertiary/aromatic N) is 1. The first-order valence-corrected chi connectivity index (χ1v) is 12.3. The van der Waals surface area contributed by atoms with E-state index in [9.17, 15) is 14.0 Å². The molecule has 0 aromatic heterocycles. The minimum Gasteiger partial charge on any atom is -0.481 e. The lowest BCUT2D eigenvalue weighted by Gasteiger charge is -2.34. The summed E-state index contributed by atoms with van der Waals surface area (Å²) < 4.78 is 19.6. The molecule has 0 heterocycles. The van der Waals surface area contributed by atoms with Crippen molar-refractivity contribution in [1.29, 1.82) is 0 Å². The third-order valence-corrected chi connectivity index (χ3v) is 6.06. The molecule has 3 aromatic carbocycles. The van der Waals surface area contributed by atoms with Crippen LogP contribution in [0.3, 0.4) is 0 Å². The summed E-state index contributed by atoms with van der Waals surface area (Å²) in [6, 6.07) is 19.3. The molecule has 5 nitrogen and oxygen atoms in total. The van der Waals surface area contributed by atoms with Crippen LogP contribution in [0.1, 0.15) is 31.9 Å². The summed E-state index contributed by atoms with van der Waals surface area (Å²) in [6.07, 6.45) is 0.246. The first-order chi connectivity index (χ1) is 17.0. The predicted molar refractivity (Wildman–Crippen MR) is 141 cm³/mol. The average Bonchev–Trinajstić information content (AvgIpc) is 2.82. The van der Waals surface area contributed by atoms with Crippen LogP contribution in [0.25, 0.3) is 0 Å². The van der Waals surface area contributed by atoms with E-state index in [1.807, 2.05) is 51.1 Å². The number of carbonyl (C=O) groups excluding carboxylic acids is 2. The Balaban J connectivity index is 1.99. The number of hydrogen-bond donors (Lipinski definition) is 1. The molecule has 0 bridgehead atoms. The maximum Gasteiger partial charge on any atom is 0.261 e. The van der Waals surface area contributed by atoms with Crippen LogP contribution in [0, 0.1) is 5.82 Å². The summed E-state index contributed by atoms with van der Waals surface area (Å²) in [5.41, 5.74) is 0.832. The number of nitrogens with one attached hydrogen (secondary N) is 1. The van der Waals surface area contributed by atoms with Crippen LogP contribution in [-0.4, -0.2) is 34.9 Å². The van der Waals surface area contributed by atoms with Gasteiger partial charge in [-0.15, -0.1) is 0 Å². The molecule has 36 heavy (non-hydrogen) atoms. The zero-order chi connectivity index (χ0) is 26.3. The summed E-state index contributed by atoms with van der Waals surface area (Å²) in [4.78, 5) is 28.5. The van der Waals surface area contributed by atoms with Crippen LogP contribution in [0.15, 0.2) is 72.8 Å². The molecule has 2 amide bonds. The van der Waals surface area contributed by atoms with E-state index in [4.69, 9.17) is 27.9 Å². The molecule has 0 aliphatic heterocycles. The smallest absolute Gasteiger partial charge is 0.261 e. The van der Waals surface area contributed by atoms with Gasteiger partial charge in [0.1, 0.15) is 6.04 Å². The molecule has 0 radical (unpaired) electrons. The third kappa shape index (κ3) is 7.70. The van der Waals surface area contributed by atoms with Gasteiger partial charge in [-0.1, -0.05) is 71.7 Å². The number of ether oxygens (including phenoxy) is 1. The molecular weight excluding hydrogens is 502 g/mol. The van der Waals surface area contributed by atoms with E-state index in [0.29, 0.717) is 15.6 Å². The monoisotopic (exact) mass is 530 g/mol. The van der Waals surface area contributed by atoms with Gasteiger partial charge in [0.2, 0.25) is 5.91 Å². The van der Waals surface area contributed by atoms with Crippen molar-refractivity contribution in [3.63, 3.8) is 0 Å². The van der Waals surface area contributed by atoms with Gasteiger partial charge in [-0.25, -0.2) is 4.39 Å². The second-order valence-corrected chi connectivity index (χ2v) is 10.2. The van der Waals surface area contributed by atoms with E-state index in [1.54, 1.807) is 24.3 Å². The van der Waals surface area contributed by atoms with E-state index in [1.165, 1.54) is 23.1 Å². The molecule has 1 N–H and O–H groups in total. The van der Waals surface area contributed by atoms with E-state index >= 15 is 0 Å². The second kappa shape index (κ2) is 12.2. The van der Waals surface area contributed by atoms with Crippen LogP contribution in [0.4, 0.5) is 4.39 Å². The van der Waals surface area contributed by atoms with Gasteiger partial charge in [0.15, 0.2) is 18.2 Å². The lowest BCUT2D eigenvalue weighted by molar-refractivity contribution is -0.143. The molecule has 1 unspecified atom stereocenters. The Morgan fingerprint density at radius 1 is 0.944 bits per heavy atom. The Bertz CT molecular complexity index is 1180. The van der Waals surface area contributed by atoms with Gasteiger partial charge in [-0.2, -0.15) is 0 Å². The van der Waals surface area contributed by atoms with Crippen molar-refractivity contribution in [2.24, 2.45) is 0 Å². The molecule has 0 spiro atoms. The van der Waals surface area contributed by atoms with Gasteiger partial charge in [0, 0.05) is 34.1 Å². The summed E-state index contributed by atoms with van der Waals surface area (Å²) in [7, 11) is 0. The number of carbonyl (C=O) groups is 2. The summed E-state index contributed by atoms with van der Waals surface area (Å²) in [5, 5.41) is 3.70. The first-order valence-electron chi connectivity index (χ1n) is 11.5. The molecule has 0 aliphatic carbocycles. The number of para-hydroxylation sites is 1. The highest BCUT2D eigenvalue weighted by Crippen LogP contribution is 2.27. The van der Waals surface area contributed by atoms with Gasteiger partial charge in [0.05, 0.1) is 0 Å². The van der Waals surface area contributed by atoms with E-state index in [0.717, 1.165) is 5.56 Å². The number of hydrogen-bond acceptors (Lipinski definition) is 3. The molecular formula is C28H29Cl2FN2O3. The van der Waals surface area contributed by atoms with Crippen molar-refractivity contribution < 1.29 is 18.7 Å². The highest BCUT2D eigenvalue weighted by Gasteiger charge is 2.33. The fourth-order valence-corrected chi connectivity index (χ4v) is 4.16. The Morgan fingerprint density at radius 3 is 2.17 bits per heavy atom. The van der Waals surface area contributed by atoms with Crippen molar-refractivity contribution in [2.45, 2.75) is 45.3 Å². The SMILES string of the molecule is CC(C)(C)NC(=O)C(Cc1ccccc1)N(Cc1c(Cl)cccc1Cl)C(=O)COc1ccccc1F. The maximum absolute atomic E-state index is 14.1. The normalized spacial score (nSPS) is 12.1. The highest BCUT2D eigenvalue weighted by atomic mass is 35.5. The molecule has 0 saturated heterocycles. The molecule has 0 fully saturated rings. The van der Waals surface area contributed by atoms with Crippen molar-refractivity contribution >= 4 is 35.0 Å². The van der Waals surface area contributed by atoms with Gasteiger partial charge in [0.25, 0.3) is 5.91 Å². The lowest BCUT2D eigenvalue weighted by atomic mass is 10.0. The van der Waals surface area contributed by atoms with Gasteiger partial charge in [-0.3, -0.25) is 9.59 Å². The summed E-state index contributed by atoms with van der Waals surface area (Å²) >= 11 is 12.8. The molecule has 1 atom stereocenters. The summed E-state index contributed by atoms with van der Waals surface area (Å²) in [5.74, 6) is -1.49. The zero-order valence-electron chi connectivity index (χ0n) is 20.4. The van der Waals surface area contributed by atoms with Crippen molar-refractivity contribution in [3.05, 3.63) is 99.8 Å². The number of amides is 2. The zero-order valence-corrected chi connectivity index (χ0v) is 21.9. The largest absolute Gasteiger partial charge is 0.481 e. The Morgan fingerprint density at radius 2 is 1.56 bits per heavy atom. The van der Waals surface area contributed by atoms with Gasteiger partial charge >= 0.3 is 0 Å². The topological polar surface area (TPSA) is 58.6 Å². The molecule has 190 valence electrons. The van der Waals surface area contributed by atoms with E-state index < -0.39 is 29.9 Å². The predicted octanol–water partition coefficient (Wildman–Crippen LogP) is 6.07. The molecule has 8 heteroatoms. The van der Waals surface area contributed by atoms with Crippen molar-refractivity contribution in [3.8, 4) is 5.75 Å². The maximum atomic E-state index is 14.1. The van der Waals surface area contributed by atoms with Gasteiger partial charge < -0.3 is 15.0 Å². The quantitative estimate of drug-likeness (QED) is 0.365. The van der Waals surface area contributed by atoms with Gasteiger partial charge in [-0.05, 0) is 50.6 Å². The molecule has 0 aliphatic rings. The average molecular weight is 531 g/mol. The van der Waals surface area contributed by atoms with Crippen LogP contribution >= 0.6 is 23.2 Å². The first kappa shape index (κ1) is 27.5. The van der Waals surface area contributed by atoms with Crippen LogP contribution in [-0.2, 0) is 22.6 Å². The summed E-state index contributed by atoms with van der Waals surface area (Å²) in [6.45, 7) is 5.08. The van der Waals surface area contributed by atoms with Crippen molar-refractivity contribution in [1.82, 2.24) is 10.2 Å². The number of halogens is 3. The van der Waals surface area contributed by atoms with Crippen LogP contribution < -0.4 is 10.1 Å². The third-order valence-electron chi connectivity index (χ3n) is 5.35. The Hall–Kier alpha value is -3.09. The Labute approximate surface area is 221 Å².